The molecule has 3 unspecified atom stereocenters. The number of rotatable bonds is 2. The van der Waals surface area contributed by atoms with E-state index in [1.807, 2.05) is 0 Å². The van der Waals surface area contributed by atoms with Crippen molar-refractivity contribution in [2.45, 2.75) is 70.9 Å². The van der Waals surface area contributed by atoms with E-state index in [-0.39, 0.29) is 0 Å². The minimum atomic E-state index is -1.02. The monoisotopic (exact) mass is 282 g/mol. The molecule has 1 aliphatic heterocycles. The minimum absolute atomic E-state index is 0.387. The summed E-state index contributed by atoms with van der Waals surface area (Å²) in [5.74, 6) is -0.0570. The molecule has 1 saturated carbocycles. The summed E-state index contributed by atoms with van der Waals surface area (Å²) in [5, 5.41) is 9.24. The topological polar surface area (TPSA) is 66.6 Å². The molecule has 2 rings (SSSR count). The van der Waals surface area contributed by atoms with Crippen molar-refractivity contribution in [2.24, 2.45) is 17.1 Å². The second-order valence-electron chi connectivity index (χ2n) is 7.91. The van der Waals surface area contributed by atoms with Gasteiger partial charge in [0.2, 0.25) is 0 Å². The maximum Gasteiger partial charge on any atom is 0.325 e. The average molecular weight is 282 g/mol. The Morgan fingerprint density at radius 3 is 2.50 bits per heavy atom. The number of hydrogen-bond donors (Lipinski definition) is 2. The standard InChI is InChI=1S/C16H30N2O2/c1-15(2,3)12-5-4-6-13(8-7-12)18-10-9-16(17,11-18)14(19)20/h12-13H,4-11,17H2,1-3H3,(H,19,20). The zero-order chi connectivity index (χ0) is 15.0. The number of nitrogens with two attached hydrogens (primary N) is 1. The quantitative estimate of drug-likeness (QED) is 0.764. The van der Waals surface area contributed by atoms with E-state index in [1.54, 1.807) is 0 Å². The highest BCUT2D eigenvalue weighted by atomic mass is 16.4. The van der Waals surface area contributed by atoms with Gasteiger partial charge in [-0.1, -0.05) is 27.2 Å². The first-order valence-electron chi connectivity index (χ1n) is 7.99. The third-order valence-corrected chi connectivity index (χ3v) is 5.44. The van der Waals surface area contributed by atoms with E-state index >= 15 is 0 Å². The Bertz CT molecular complexity index is 364. The molecule has 20 heavy (non-hydrogen) atoms. The Kier molecular flexibility index (Phi) is 4.45. The molecule has 4 heteroatoms. The first-order valence-corrected chi connectivity index (χ1v) is 7.99. The predicted octanol–water partition coefficient (Wildman–Crippen LogP) is 2.47. The molecule has 0 bridgehead atoms. The van der Waals surface area contributed by atoms with E-state index in [1.165, 1.54) is 32.1 Å². The van der Waals surface area contributed by atoms with Crippen molar-refractivity contribution in [3.63, 3.8) is 0 Å². The lowest BCUT2D eigenvalue weighted by atomic mass is 9.76. The van der Waals surface area contributed by atoms with Gasteiger partial charge < -0.3 is 10.8 Å². The van der Waals surface area contributed by atoms with Gasteiger partial charge in [-0.3, -0.25) is 9.69 Å². The fraction of sp³-hybridized carbons (Fsp3) is 0.938. The van der Waals surface area contributed by atoms with Gasteiger partial charge in [-0.25, -0.2) is 0 Å². The highest BCUT2D eigenvalue weighted by Gasteiger charge is 2.43. The number of likely N-dealkylation sites (tertiary alicyclic amines) is 1. The Morgan fingerprint density at radius 2 is 1.95 bits per heavy atom. The molecule has 4 nitrogen and oxygen atoms in total. The van der Waals surface area contributed by atoms with Gasteiger partial charge in [0, 0.05) is 19.1 Å². The average Bonchev–Trinajstić information content (AvgIpc) is 2.60. The molecule has 1 heterocycles. The summed E-state index contributed by atoms with van der Waals surface area (Å²) in [6, 6.07) is 0.534. The minimum Gasteiger partial charge on any atom is -0.480 e. The van der Waals surface area contributed by atoms with Crippen molar-refractivity contribution in [1.29, 1.82) is 0 Å². The predicted molar refractivity (Wildman–Crippen MR) is 80.6 cm³/mol. The number of aliphatic carboxylic acids is 1. The van der Waals surface area contributed by atoms with Gasteiger partial charge in [0.1, 0.15) is 5.54 Å². The highest BCUT2D eigenvalue weighted by Crippen LogP contribution is 2.38. The molecule has 0 aromatic heterocycles. The lowest BCUT2D eigenvalue weighted by molar-refractivity contribution is -0.142. The zero-order valence-corrected chi connectivity index (χ0v) is 13.2. The molecule has 0 aromatic carbocycles. The lowest BCUT2D eigenvalue weighted by Crippen LogP contribution is -2.51. The third kappa shape index (κ3) is 3.34. The van der Waals surface area contributed by atoms with E-state index in [4.69, 9.17) is 5.73 Å². The first kappa shape index (κ1) is 15.8. The smallest absolute Gasteiger partial charge is 0.325 e. The summed E-state index contributed by atoms with van der Waals surface area (Å²) < 4.78 is 0. The molecule has 0 radical (unpaired) electrons. The second kappa shape index (κ2) is 5.64. The summed E-state index contributed by atoms with van der Waals surface area (Å²) in [7, 11) is 0. The number of carbonyl (C=O) groups is 1. The highest BCUT2D eigenvalue weighted by molar-refractivity contribution is 5.79. The SMILES string of the molecule is CC(C)(C)C1CCCC(N2CCC(N)(C(=O)O)C2)CC1. The van der Waals surface area contributed by atoms with Crippen molar-refractivity contribution in [3.8, 4) is 0 Å². The summed E-state index contributed by atoms with van der Waals surface area (Å²) in [6.07, 6.45) is 6.80. The molecule has 3 N–H and O–H groups in total. The van der Waals surface area contributed by atoms with Crippen LogP contribution in [0.25, 0.3) is 0 Å². The molecule has 1 aliphatic carbocycles. The van der Waals surface area contributed by atoms with Gasteiger partial charge in [-0.2, -0.15) is 0 Å². The van der Waals surface area contributed by atoms with Gasteiger partial charge in [-0.15, -0.1) is 0 Å². The fourth-order valence-corrected chi connectivity index (χ4v) is 3.86. The molecule has 0 spiro atoms. The van der Waals surface area contributed by atoms with Gasteiger partial charge >= 0.3 is 5.97 Å². The van der Waals surface area contributed by atoms with Crippen molar-refractivity contribution >= 4 is 5.97 Å². The number of carboxylic acids is 1. The molecular formula is C16H30N2O2. The van der Waals surface area contributed by atoms with Crippen LogP contribution in [0.15, 0.2) is 0 Å². The van der Waals surface area contributed by atoms with Crippen LogP contribution < -0.4 is 5.73 Å². The van der Waals surface area contributed by atoms with Crippen molar-refractivity contribution < 1.29 is 9.90 Å². The van der Waals surface area contributed by atoms with Crippen LogP contribution in [0.3, 0.4) is 0 Å². The van der Waals surface area contributed by atoms with Crippen LogP contribution in [0.5, 0.6) is 0 Å². The van der Waals surface area contributed by atoms with Crippen LogP contribution in [0.2, 0.25) is 0 Å². The van der Waals surface area contributed by atoms with Crippen LogP contribution in [0, 0.1) is 11.3 Å². The van der Waals surface area contributed by atoms with E-state index < -0.39 is 11.5 Å². The summed E-state index contributed by atoms with van der Waals surface area (Å²) in [5.41, 5.74) is 5.36. The van der Waals surface area contributed by atoms with Crippen molar-refractivity contribution in [2.75, 3.05) is 13.1 Å². The van der Waals surface area contributed by atoms with E-state index in [2.05, 4.69) is 25.7 Å². The molecule has 1 saturated heterocycles. The van der Waals surface area contributed by atoms with E-state index in [0.29, 0.717) is 24.4 Å². The first-order chi connectivity index (χ1) is 9.22. The second-order valence-corrected chi connectivity index (χ2v) is 7.91. The van der Waals surface area contributed by atoms with Gasteiger partial charge in [-0.05, 0) is 43.4 Å². The Labute approximate surface area is 122 Å². The number of carboxylic acid groups (broad SMARTS) is 1. The largest absolute Gasteiger partial charge is 0.480 e. The van der Waals surface area contributed by atoms with Crippen LogP contribution in [-0.4, -0.2) is 40.6 Å². The Balaban J connectivity index is 1.94. The van der Waals surface area contributed by atoms with Crippen LogP contribution >= 0.6 is 0 Å². The van der Waals surface area contributed by atoms with Crippen LogP contribution in [0.4, 0.5) is 0 Å². The molecule has 2 aliphatic rings. The molecular weight excluding hydrogens is 252 g/mol. The maximum atomic E-state index is 11.3. The Hall–Kier alpha value is -0.610. The summed E-state index contributed by atoms with van der Waals surface area (Å²) in [6.45, 7) is 8.37. The maximum absolute atomic E-state index is 11.3. The van der Waals surface area contributed by atoms with Crippen molar-refractivity contribution in [3.05, 3.63) is 0 Å². The molecule has 116 valence electrons. The van der Waals surface area contributed by atoms with Gasteiger partial charge in [0.15, 0.2) is 0 Å². The van der Waals surface area contributed by atoms with Crippen LogP contribution in [-0.2, 0) is 4.79 Å². The molecule has 0 aromatic rings. The van der Waals surface area contributed by atoms with Gasteiger partial charge in [0.05, 0.1) is 0 Å². The van der Waals surface area contributed by atoms with Crippen molar-refractivity contribution in [1.82, 2.24) is 4.90 Å². The molecule has 3 atom stereocenters. The van der Waals surface area contributed by atoms with E-state index in [0.717, 1.165) is 12.5 Å². The summed E-state index contributed by atoms with van der Waals surface area (Å²) >= 11 is 0. The lowest BCUT2D eigenvalue weighted by Gasteiger charge is -2.31. The zero-order valence-electron chi connectivity index (χ0n) is 13.2. The third-order valence-electron chi connectivity index (χ3n) is 5.44. The number of nitrogens with zero attached hydrogens (tertiary/aromatic N) is 1. The molecule has 2 fully saturated rings. The molecule has 0 amide bonds. The fourth-order valence-electron chi connectivity index (χ4n) is 3.86. The Morgan fingerprint density at radius 1 is 1.25 bits per heavy atom. The van der Waals surface area contributed by atoms with E-state index in [9.17, 15) is 9.90 Å². The van der Waals surface area contributed by atoms with Crippen LogP contribution in [0.1, 0.15) is 59.3 Å². The summed E-state index contributed by atoms with van der Waals surface area (Å²) in [4.78, 5) is 13.6. The van der Waals surface area contributed by atoms with Gasteiger partial charge in [0.25, 0.3) is 0 Å². The normalized spacial score (nSPS) is 36.8. The number of hydrogen-bond acceptors (Lipinski definition) is 3.